The van der Waals surface area contributed by atoms with Gasteiger partial charge in [0.2, 0.25) is 5.76 Å². The van der Waals surface area contributed by atoms with Gasteiger partial charge in [0.15, 0.2) is 5.58 Å². The summed E-state index contributed by atoms with van der Waals surface area (Å²) < 4.78 is 5.58. The summed E-state index contributed by atoms with van der Waals surface area (Å²) in [4.78, 5) is 20.3. The van der Waals surface area contributed by atoms with Crippen LogP contribution in [0.15, 0.2) is 53.1 Å². The number of aromatic carboxylic acids is 1. The van der Waals surface area contributed by atoms with E-state index in [2.05, 4.69) is 20.9 Å². The fourth-order valence-corrected chi connectivity index (χ4v) is 3.43. The number of carbonyl (C=O) groups is 1. The normalized spacial score (nSPS) is 14.9. The summed E-state index contributed by atoms with van der Waals surface area (Å²) in [5.41, 5.74) is 2.75. The Morgan fingerprint density at radius 2 is 1.93 bits per heavy atom. The van der Waals surface area contributed by atoms with Crippen LogP contribution in [-0.4, -0.2) is 72.5 Å². The van der Waals surface area contributed by atoms with Gasteiger partial charge in [0.1, 0.15) is 0 Å². The van der Waals surface area contributed by atoms with Crippen molar-refractivity contribution in [2.24, 2.45) is 0 Å². The minimum atomic E-state index is -1.04. The van der Waals surface area contributed by atoms with Gasteiger partial charge in [0.25, 0.3) is 0 Å². The Hall–Kier alpha value is -2.26. The zero-order valence-electron chi connectivity index (χ0n) is 14.5. The van der Waals surface area contributed by atoms with Crippen molar-refractivity contribution in [1.29, 1.82) is 0 Å². The van der Waals surface area contributed by atoms with E-state index in [4.69, 9.17) is 9.52 Å². The average Bonchev–Trinajstić information content (AvgIpc) is 3.12. The second-order valence-electron chi connectivity index (χ2n) is 6.51. The second kappa shape index (κ2) is 8.62. The summed E-state index contributed by atoms with van der Waals surface area (Å²) in [5.74, 6) is -1.05. The Morgan fingerprint density at radius 3 is 2.63 bits per heavy atom. The van der Waals surface area contributed by atoms with E-state index in [1.54, 1.807) is 6.07 Å². The monoisotopic (exact) mass is 359 g/mol. The number of anilines is 1. The van der Waals surface area contributed by atoms with Crippen molar-refractivity contribution < 1.29 is 14.3 Å². The molecular formula is C20H22LiN3O3. The Balaban J connectivity index is 0.00000210. The molecule has 0 bridgehead atoms. The molecule has 1 aromatic carbocycles. The van der Waals surface area contributed by atoms with Crippen LogP contribution in [0.2, 0.25) is 0 Å². The molecule has 136 valence electrons. The van der Waals surface area contributed by atoms with Crippen molar-refractivity contribution in [3.63, 3.8) is 0 Å². The van der Waals surface area contributed by atoms with Crippen molar-refractivity contribution in [2.45, 2.75) is 6.42 Å². The maximum atomic E-state index is 11.2. The van der Waals surface area contributed by atoms with Crippen molar-refractivity contribution in [1.82, 2.24) is 9.88 Å². The second-order valence-corrected chi connectivity index (χ2v) is 6.51. The van der Waals surface area contributed by atoms with E-state index in [-0.39, 0.29) is 24.6 Å². The van der Waals surface area contributed by atoms with Crippen LogP contribution < -0.4 is 4.90 Å². The molecule has 0 atom stereocenters. The van der Waals surface area contributed by atoms with E-state index in [9.17, 15) is 4.79 Å². The van der Waals surface area contributed by atoms with Crippen molar-refractivity contribution in [2.75, 3.05) is 37.6 Å². The molecule has 1 saturated heterocycles. The van der Waals surface area contributed by atoms with Crippen LogP contribution in [0.5, 0.6) is 0 Å². The Labute approximate surface area is 170 Å². The zero-order valence-corrected chi connectivity index (χ0v) is 14.5. The number of piperazine rings is 1. The van der Waals surface area contributed by atoms with Crippen LogP contribution in [-0.2, 0) is 6.42 Å². The van der Waals surface area contributed by atoms with E-state index in [0.717, 1.165) is 55.9 Å². The summed E-state index contributed by atoms with van der Waals surface area (Å²) in [6, 6.07) is 13.5. The van der Waals surface area contributed by atoms with Gasteiger partial charge in [-0.15, -0.1) is 0 Å². The van der Waals surface area contributed by atoms with E-state index >= 15 is 0 Å². The van der Waals surface area contributed by atoms with E-state index in [0.29, 0.717) is 5.58 Å². The van der Waals surface area contributed by atoms with Crippen molar-refractivity contribution in [3.05, 3.63) is 60.1 Å². The molecule has 0 saturated carbocycles. The molecule has 2 aromatic heterocycles. The van der Waals surface area contributed by atoms with E-state index < -0.39 is 5.97 Å². The van der Waals surface area contributed by atoms with Gasteiger partial charge in [-0.1, -0.05) is 18.2 Å². The van der Waals surface area contributed by atoms with E-state index in [1.807, 2.05) is 36.5 Å². The molecule has 0 radical (unpaired) electrons. The van der Waals surface area contributed by atoms with Gasteiger partial charge >= 0.3 is 24.8 Å². The number of benzene rings is 1. The van der Waals surface area contributed by atoms with Crippen LogP contribution in [0, 0.1) is 0 Å². The topological polar surface area (TPSA) is 69.8 Å². The van der Waals surface area contributed by atoms with Crippen LogP contribution in [0.25, 0.3) is 11.0 Å². The first kappa shape index (κ1) is 19.5. The van der Waals surface area contributed by atoms with Crippen LogP contribution in [0.1, 0.15) is 16.2 Å². The van der Waals surface area contributed by atoms with Gasteiger partial charge in [-0.2, -0.15) is 0 Å². The Morgan fingerprint density at radius 1 is 1.11 bits per heavy atom. The maximum absolute atomic E-state index is 11.2. The molecule has 1 aliphatic rings. The zero-order chi connectivity index (χ0) is 17.9. The summed E-state index contributed by atoms with van der Waals surface area (Å²) in [5, 5.41) is 9.99. The number of nitrogens with zero attached hydrogens (tertiary/aromatic N) is 3. The predicted octanol–water partition coefficient (Wildman–Crippen LogP) is 2.24. The summed E-state index contributed by atoms with van der Waals surface area (Å²) in [7, 11) is 0. The molecule has 27 heavy (non-hydrogen) atoms. The molecule has 0 unspecified atom stereocenters. The van der Waals surface area contributed by atoms with Gasteiger partial charge in [-0.25, -0.2) is 4.79 Å². The molecule has 3 aromatic rings. The van der Waals surface area contributed by atoms with Crippen LogP contribution in [0.3, 0.4) is 0 Å². The molecule has 1 N–H and O–H groups in total. The van der Waals surface area contributed by atoms with Gasteiger partial charge in [-0.3, -0.25) is 9.88 Å². The third kappa shape index (κ3) is 4.36. The number of pyridine rings is 1. The molecule has 1 fully saturated rings. The van der Waals surface area contributed by atoms with Gasteiger partial charge in [-0.05, 0) is 24.3 Å². The fraction of sp³-hybridized carbons (Fsp3) is 0.300. The SMILES string of the molecule is O=C(O)c1cc2cccc(N3CCN(CCc4ccccn4)CC3)c2o1.[LiH]. The fourth-order valence-electron chi connectivity index (χ4n) is 3.43. The van der Waals surface area contributed by atoms with Gasteiger partial charge in [0, 0.05) is 56.4 Å². The summed E-state index contributed by atoms with van der Waals surface area (Å²) >= 11 is 0. The molecule has 0 spiro atoms. The number of aromatic nitrogens is 1. The average molecular weight is 359 g/mol. The number of fused-ring (bicyclic) bond motifs is 1. The molecule has 4 rings (SSSR count). The number of rotatable bonds is 5. The number of carboxylic acids is 1. The van der Waals surface area contributed by atoms with Crippen molar-refractivity contribution in [3.8, 4) is 0 Å². The number of para-hydroxylation sites is 1. The first-order chi connectivity index (χ1) is 12.7. The summed E-state index contributed by atoms with van der Waals surface area (Å²) in [6.07, 6.45) is 2.79. The standard InChI is InChI=1S/C20H21N3O3.Li.H/c24-20(25)18-14-15-4-3-6-17(19(15)26-18)23-12-10-22(11-13-23)9-7-16-5-1-2-8-21-16;;/h1-6,8,14H,7,9-13H2,(H,24,25);;. The number of furan rings is 1. The van der Waals surface area contributed by atoms with Crippen molar-refractivity contribution >= 4 is 41.5 Å². The molecule has 0 aliphatic carbocycles. The van der Waals surface area contributed by atoms with Gasteiger partial charge < -0.3 is 14.4 Å². The molecular weight excluding hydrogens is 337 g/mol. The predicted molar refractivity (Wildman–Crippen MR) is 107 cm³/mol. The molecule has 6 nitrogen and oxygen atoms in total. The third-order valence-electron chi connectivity index (χ3n) is 4.86. The molecule has 3 heterocycles. The third-order valence-corrected chi connectivity index (χ3v) is 4.86. The number of carboxylic acid groups (broad SMARTS) is 1. The summed E-state index contributed by atoms with van der Waals surface area (Å²) in [6.45, 7) is 4.72. The first-order valence-corrected chi connectivity index (χ1v) is 8.84. The molecule has 0 amide bonds. The Kier molecular flexibility index (Phi) is 6.22. The van der Waals surface area contributed by atoms with Crippen LogP contribution >= 0.6 is 0 Å². The molecule has 7 heteroatoms. The minimum absolute atomic E-state index is 0. The molecule has 1 aliphatic heterocycles. The first-order valence-electron chi connectivity index (χ1n) is 8.84. The number of hydrogen-bond donors (Lipinski definition) is 1. The number of hydrogen-bond acceptors (Lipinski definition) is 5. The van der Waals surface area contributed by atoms with Gasteiger partial charge in [0.05, 0.1) is 5.69 Å². The Bertz CT molecular complexity index is 905. The quantitative estimate of drug-likeness (QED) is 0.705. The van der Waals surface area contributed by atoms with Crippen LogP contribution in [0.4, 0.5) is 5.69 Å². The van der Waals surface area contributed by atoms with E-state index in [1.165, 1.54) is 0 Å².